The van der Waals surface area contributed by atoms with Gasteiger partial charge < -0.3 is 24.6 Å². The standard InChI is InChI=1S/C20H35NO6/c1-2-3-4-5-6-7-8-9-10-11-12-13-14-21(15-18(22)23,16-19(24)25)17-20(26)27/h2-3H,4-17H2,1H3,(H2-,22,23,24,25,26,27)/b3-2+. The van der Waals surface area contributed by atoms with E-state index < -0.39 is 42.0 Å². The van der Waals surface area contributed by atoms with Crippen LogP contribution < -0.4 is 5.11 Å². The largest absolute Gasteiger partial charge is 0.544 e. The molecule has 0 atom stereocenters. The summed E-state index contributed by atoms with van der Waals surface area (Å²) in [6.07, 6.45) is 15.0. The molecule has 0 aromatic rings. The van der Waals surface area contributed by atoms with Gasteiger partial charge in [-0.05, 0) is 32.6 Å². The number of rotatable bonds is 18. The van der Waals surface area contributed by atoms with Gasteiger partial charge >= 0.3 is 11.9 Å². The molecular formula is C20H35NO6. The lowest BCUT2D eigenvalue weighted by atomic mass is 10.1. The van der Waals surface area contributed by atoms with E-state index in [4.69, 9.17) is 10.2 Å². The van der Waals surface area contributed by atoms with E-state index in [0.717, 1.165) is 32.1 Å². The maximum atomic E-state index is 11.1. The fourth-order valence-corrected chi connectivity index (χ4v) is 3.37. The van der Waals surface area contributed by atoms with E-state index in [1.54, 1.807) is 0 Å². The summed E-state index contributed by atoms with van der Waals surface area (Å²) >= 11 is 0. The van der Waals surface area contributed by atoms with Crippen molar-refractivity contribution in [3.63, 3.8) is 0 Å². The van der Waals surface area contributed by atoms with Crippen LogP contribution >= 0.6 is 0 Å². The Hall–Kier alpha value is -1.89. The number of carbonyl (C=O) groups is 3. The molecule has 7 nitrogen and oxygen atoms in total. The summed E-state index contributed by atoms with van der Waals surface area (Å²) in [5.41, 5.74) is 0. The van der Waals surface area contributed by atoms with Crippen LogP contribution in [0.2, 0.25) is 0 Å². The van der Waals surface area contributed by atoms with E-state index >= 15 is 0 Å². The molecule has 156 valence electrons. The number of unbranched alkanes of at least 4 members (excludes halogenated alkanes) is 9. The second-order valence-corrected chi connectivity index (χ2v) is 7.24. The average Bonchev–Trinajstić information content (AvgIpc) is 2.53. The van der Waals surface area contributed by atoms with Crippen LogP contribution in [0.15, 0.2) is 12.2 Å². The molecule has 0 aromatic carbocycles. The minimum atomic E-state index is -1.42. The summed E-state index contributed by atoms with van der Waals surface area (Å²) < 4.78 is -0.501. The van der Waals surface area contributed by atoms with Crippen LogP contribution in [0.25, 0.3) is 0 Å². The van der Waals surface area contributed by atoms with Gasteiger partial charge in [0, 0.05) is 0 Å². The molecule has 0 bridgehead atoms. The van der Waals surface area contributed by atoms with E-state index in [0.29, 0.717) is 6.42 Å². The molecule has 0 fully saturated rings. The smallest absolute Gasteiger partial charge is 0.359 e. The third kappa shape index (κ3) is 14.9. The van der Waals surface area contributed by atoms with Crippen molar-refractivity contribution in [2.24, 2.45) is 0 Å². The lowest BCUT2D eigenvalue weighted by molar-refractivity contribution is -0.909. The highest BCUT2D eigenvalue weighted by molar-refractivity contribution is 5.72. The van der Waals surface area contributed by atoms with Crippen molar-refractivity contribution in [3.05, 3.63) is 12.2 Å². The van der Waals surface area contributed by atoms with Crippen LogP contribution in [0.3, 0.4) is 0 Å². The first-order valence-electron chi connectivity index (χ1n) is 9.91. The Morgan fingerprint density at radius 1 is 0.778 bits per heavy atom. The van der Waals surface area contributed by atoms with Gasteiger partial charge in [-0.1, -0.05) is 50.7 Å². The van der Waals surface area contributed by atoms with Gasteiger partial charge in [-0.3, -0.25) is 0 Å². The molecule has 0 radical (unpaired) electrons. The lowest BCUT2D eigenvalue weighted by Crippen LogP contribution is -2.59. The number of carbonyl (C=O) groups excluding carboxylic acids is 1. The molecule has 0 rings (SSSR count). The molecule has 0 saturated carbocycles. The van der Waals surface area contributed by atoms with E-state index in [1.807, 2.05) is 6.92 Å². The van der Waals surface area contributed by atoms with Crippen LogP contribution in [0.5, 0.6) is 0 Å². The first-order valence-corrected chi connectivity index (χ1v) is 9.91. The van der Waals surface area contributed by atoms with E-state index in [9.17, 15) is 19.5 Å². The van der Waals surface area contributed by atoms with Crippen molar-refractivity contribution in [1.82, 2.24) is 0 Å². The second kappa shape index (κ2) is 15.2. The minimum Gasteiger partial charge on any atom is -0.544 e. The number of nitrogens with zero attached hydrogens (tertiary/aromatic N) is 1. The van der Waals surface area contributed by atoms with Crippen molar-refractivity contribution in [2.75, 3.05) is 26.2 Å². The van der Waals surface area contributed by atoms with Crippen molar-refractivity contribution in [1.29, 1.82) is 0 Å². The normalized spacial score (nSPS) is 11.7. The van der Waals surface area contributed by atoms with E-state index in [-0.39, 0.29) is 6.54 Å². The summed E-state index contributed by atoms with van der Waals surface area (Å²) in [7, 11) is 0. The average molecular weight is 386 g/mol. The summed E-state index contributed by atoms with van der Waals surface area (Å²) in [6, 6.07) is 0. The molecule has 27 heavy (non-hydrogen) atoms. The Kier molecular flexibility index (Phi) is 14.1. The quantitative estimate of drug-likeness (QED) is 0.212. The van der Waals surface area contributed by atoms with Gasteiger partial charge in [0.25, 0.3) is 0 Å². The van der Waals surface area contributed by atoms with E-state index in [2.05, 4.69) is 12.2 Å². The van der Waals surface area contributed by atoms with Gasteiger partial charge in [-0.25, -0.2) is 9.59 Å². The minimum absolute atomic E-state index is 0.220. The molecule has 0 heterocycles. The molecule has 0 spiro atoms. The highest BCUT2D eigenvalue weighted by atomic mass is 16.4. The van der Waals surface area contributed by atoms with Gasteiger partial charge in [0.2, 0.25) is 0 Å². The third-order valence-electron chi connectivity index (χ3n) is 4.64. The number of allylic oxidation sites excluding steroid dienone is 2. The van der Waals surface area contributed by atoms with Crippen LogP contribution in [0.4, 0.5) is 0 Å². The molecule has 0 unspecified atom stereocenters. The topological polar surface area (TPSA) is 115 Å². The van der Waals surface area contributed by atoms with Crippen molar-refractivity contribution < 1.29 is 34.2 Å². The Labute approximate surface area is 162 Å². The first-order chi connectivity index (χ1) is 12.8. The Bertz CT molecular complexity index is 434. The highest BCUT2D eigenvalue weighted by Crippen LogP contribution is 2.14. The zero-order valence-electron chi connectivity index (χ0n) is 16.5. The lowest BCUT2D eigenvalue weighted by Gasteiger charge is -2.36. The fourth-order valence-electron chi connectivity index (χ4n) is 3.37. The van der Waals surface area contributed by atoms with Crippen LogP contribution in [-0.2, 0) is 14.4 Å². The molecule has 0 aliphatic heterocycles. The Balaban J connectivity index is 4.09. The monoisotopic (exact) mass is 385 g/mol. The molecule has 7 heteroatoms. The number of hydrogen-bond acceptors (Lipinski definition) is 4. The van der Waals surface area contributed by atoms with Crippen LogP contribution in [0.1, 0.15) is 71.1 Å². The second-order valence-electron chi connectivity index (χ2n) is 7.24. The number of carboxylic acid groups (broad SMARTS) is 3. The van der Waals surface area contributed by atoms with Gasteiger partial charge in [-0.2, -0.15) is 0 Å². The van der Waals surface area contributed by atoms with Gasteiger partial charge in [-0.15, -0.1) is 0 Å². The van der Waals surface area contributed by atoms with Gasteiger partial charge in [0.05, 0.1) is 12.5 Å². The SMILES string of the molecule is C/C=C/CCCCCCCCCCC[N+](CC(=O)[O-])(CC(=O)O)CC(=O)O. The zero-order chi connectivity index (χ0) is 20.5. The highest BCUT2D eigenvalue weighted by Gasteiger charge is 2.33. The molecule has 2 N–H and O–H groups in total. The van der Waals surface area contributed by atoms with Gasteiger partial charge in [0.1, 0.15) is 6.54 Å². The summed E-state index contributed by atoms with van der Waals surface area (Å²) in [4.78, 5) is 33.1. The molecule has 0 aliphatic rings. The fraction of sp³-hybridized carbons (Fsp3) is 0.750. The number of aliphatic carboxylic acids is 3. The number of hydrogen-bond donors (Lipinski definition) is 2. The van der Waals surface area contributed by atoms with Crippen LogP contribution in [-0.4, -0.2) is 58.8 Å². The van der Waals surface area contributed by atoms with Crippen molar-refractivity contribution in [2.45, 2.75) is 71.1 Å². The molecular weight excluding hydrogens is 350 g/mol. The summed E-state index contributed by atoms with van der Waals surface area (Å²) in [5.74, 6) is -3.83. The number of quaternary nitrogens is 1. The maximum Gasteiger partial charge on any atom is 0.359 e. The summed E-state index contributed by atoms with van der Waals surface area (Å²) in [5, 5.41) is 29.1. The maximum absolute atomic E-state index is 11.1. The molecule has 0 saturated heterocycles. The summed E-state index contributed by atoms with van der Waals surface area (Å²) in [6.45, 7) is 0.620. The van der Waals surface area contributed by atoms with E-state index in [1.165, 1.54) is 25.7 Å². The third-order valence-corrected chi connectivity index (χ3v) is 4.64. The predicted octanol–water partition coefficient (Wildman–Crippen LogP) is 2.20. The Morgan fingerprint density at radius 3 is 1.63 bits per heavy atom. The van der Waals surface area contributed by atoms with Crippen molar-refractivity contribution in [3.8, 4) is 0 Å². The Morgan fingerprint density at radius 2 is 1.22 bits per heavy atom. The molecule has 0 amide bonds. The van der Waals surface area contributed by atoms with Crippen molar-refractivity contribution >= 4 is 17.9 Å². The number of carboxylic acids is 3. The van der Waals surface area contributed by atoms with Crippen LogP contribution in [0, 0.1) is 0 Å². The predicted molar refractivity (Wildman–Crippen MR) is 101 cm³/mol. The molecule has 0 aliphatic carbocycles. The first kappa shape index (κ1) is 25.1. The molecule has 0 aromatic heterocycles. The zero-order valence-corrected chi connectivity index (χ0v) is 16.5. The van der Waals surface area contributed by atoms with Gasteiger partial charge in [0.15, 0.2) is 13.1 Å².